The molecule has 260 valence electrons. The third-order valence-corrected chi connectivity index (χ3v) is 11.2. The number of pyridine rings is 1. The average Bonchev–Trinajstić information content (AvgIpc) is 3.28. The topological polar surface area (TPSA) is 38.7 Å². The van der Waals surface area contributed by atoms with Gasteiger partial charge in [0.25, 0.3) is 0 Å². The molecule has 2 heterocycles. The van der Waals surface area contributed by atoms with Crippen molar-refractivity contribution in [3.63, 3.8) is 0 Å². The van der Waals surface area contributed by atoms with Crippen LogP contribution in [-0.2, 0) is 0 Å². The third kappa shape index (κ3) is 5.25. The Labute approximate surface area is 324 Å². The van der Waals surface area contributed by atoms with Crippen molar-refractivity contribution in [2.75, 3.05) is 0 Å². The van der Waals surface area contributed by atoms with Gasteiger partial charge < -0.3 is 0 Å². The van der Waals surface area contributed by atoms with E-state index < -0.39 is 0 Å². The molecule has 0 fully saturated rings. The first-order valence-corrected chi connectivity index (χ1v) is 19.0. The molecule has 0 atom stereocenters. The van der Waals surface area contributed by atoms with Crippen LogP contribution < -0.4 is 0 Å². The number of hydrogen-bond acceptors (Lipinski definition) is 3. The summed E-state index contributed by atoms with van der Waals surface area (Å²) in [6.45, 7) is 0. The van der Waals surface area contributed by atoms with Crippen LogP contribution in [0.5, 0.6) is 0 Å². The van der Waals surface area contributed by atoms with Crippen LogP contribution in [0.4, 0.5) is 0 Å². The molecule has 3 heteroatoms. The van der Waals surface area contributed by atoms with Crippen LogP contribution in [0.1, 0.15) is 0 Å². The van der Waals surface area contributed by atoms with E-state index in [9.17, 15) is 0 Å². The third-order valence-electron chi connectivity index (χ3n) is 11.2. The van der Waals surface area contributed by atoms with Crippen molar-refractivity contribution in [3.8, 4) is 56.2 Å². The fraction of sp³-hybridized carbons (Fsp3) is 0. The Bertz CT molecular complexity index is 3280. The van der Waals surface area contributed by atoms with Crippen molar-refractivity contribution in [2.45, 2.75) is 0 Å². The fourth-order valence-electron chi connectivity index (χ4n) is 8.58. The Balaban J connectivity index is 1.08. The second kappa shape index (κ2) is 13.1. The summed E-state index contributed by atoms with van der Waals surface area (Å²) in [5.74, 6) is 0.694. The highest BCUT2D eigenvalue weighted by Gasteiger charge is 2.17. The van der Waals surface area contributed by atoms with Crippen LogP contribution in [-0.4, -0.2) is 15.0 Å². The van der Waals surface area contributed by atoms with Gasteiger partial charge in [0.05, 0.1) is 11.4 Å². The number of rotatable bonds is 5. The molecule has 0 saturated carbocycles. The second-order valence-electron chi connectivity index (χ2n) is 14.3. The van der Waals surface area contributed by atoms with Crippen LogP contribution in [0.3, 0.4) is 0 Å². The lowest BCUT2D eigenvalue weighted by atomic mass is 9.87. The summed E-state index contributed by atoms with van der Waals surface area (Å²) in [4.78, 5) is 14.9. The molecule has 0 spiro atoms. The summed E-state index contributed by atoms with van der Waals surface area (Å²) in [5, 5.41) is 12.4. The highest BCUT2D eigenvalue weighted by Crippen LogP contribution is 2.43. The van der Waals surface area contributed by atoms with E-state index in [2.05, 4.69) is 181 Å². The summed E-state index contributed by atoms with van der Waals surface area (Å²) in [5.41, 5.74) is 9.43. The molecule has 0 unspecified atom stereocenters. The Hall–Kier alpha value is -7.49. The Morgan fingerprint density at radius 3 is 1.45 bits per heavy atom. The van der Waals surface area contributed by atoms with Crippen molar-refractivity contribution in [1.82, 2.24) is 15.0 Å². The lowest BCUT2D eigenvalue weighted by molar-refractivity contribution is 1.19. The van der Waals surface area contributed by atoms with Gasteiger partial charge in [-0.05, 0) is 88.8 Å². The van der Waals surface area contributed by atoms with E-state index in [-0.39, 0.29) is 0 Å². The number of benzene rings is 9. The molecule has 11 aromatic rings. The SMILES string of the molecule is c1ccc(-c2cc(-c3ccc(-c4cc5c6ccccc6c6ccccc6c5c5ccccc45)cc3)nc(-c3cccc4c(-c5cccnc5)cccc34)n2)cc1. The monoisotopic (exact) mass is 711 g/mol. The first kappa shape index (κ1) is 32.0. The minimum Gasteiger partial charge on any atom is -0.264 e. The van der Waals surface area contributed by atoms with Gasteiger partial charge in [-0.15, -0.1) is 0 Å². The molecule has 0 saturated heterocycles. The Kier molecular flexibility index (Phi) is 7.49. The molecule has 0 radical (unpaired) electrons. The van der Waals surface area contributed by atoms with E-state index in [4.69, 9.17) is 9.97 Å². The van der Waals surface area contributed by atoms with Gasteiger partial charge in [-0.1, -0.05) is 170 Å². The molecule has 0 bridgehead atoms. The molecule has 0 aliphatic rings. The predicted molar refractivity (Wildman–Crippen MR) is 235 cm³/mol. The Morgan fingerprint density at radius 1 is 0.286 bits per heavy atom. The molecule has 0 amide bonds. The lowest BCUT2D eigenvalue weighted by Gasteiger charge is -2.16. The van der Waals surface area contributed by atoms with Gasteiger partial charge >= 0.3 is 0 Å². The van der Waals surface area contributed by atoms with Gasteiger partial charge in [-0.25, -0.2) is 9.97 Å². The normalized spacial score (nSPS) is 11.6. The van der Waals surface area contributed by atoms with E-state index in [1.807, 2.05) is 24.5 Å². The van der Waals surface area contributed by atoms with Crippen molar-refractivity contribution < 1.29 is 0 Å². The maximum Gasteiger partial charge on any atom is 0.161 e. The number of aromatic nitrogens is 3. The molecule has 0 aliphatic carbocycles. The molecular formula is C53H33N3. The average molecular weight is 712 g/mol. The smallest absolute Gasteiger partial charge is 0.161 e. The fourth-order valence-corrected chi connectivity index (χ4v) is 8.58. The summed E-state index contributed by atoms with van der Waals surface area (Å²) in [6.07, 6.45) is 3.73. The van der Waals surface area contributed by atoms with E-state index in [1.54, 1.807) is 0 Å². The summed E-state index contributed by atoms with van der Waals surface area (Å²) >= 11 is 0. The standard InChI is InChI=1S/C53H33N3/c1-2-13-35(14-3-1)50-32-51(56-53(55-50)47-25-11-23-39-38(22-10-24-42(39)47)37-15-12-30-54-33-37)36-28-26-34(27-29-36)48-31-49-43-18-5-4-16-40(43)41-17-6-8-20-45(41)52(49)46-21-9-7-19-44(46)48/h1-33H. The van der Waals surface area contributed by atoms with Crippen molar-refractivity contribution in [1.29, 1.82) is 0 Å². The highest BCUT2D eigenvalue weighted by molar-refractivity contribution is 6.33. The highest BCUT2D eigenvalue weighted by atomic mass is 14.9. The molecule has 0 aliphatic heterocycles. The molecule has 9 aromatic carbocycles. The van der Waals surface area contributed by atoms with Gasteiger partial charge in [0, 0.05) is 34.6 Å². The van der Waals surface area contributed by atoms with E-state index in [0.29, 0.717) is 5.82 Å². The molecule has 11 rings (SSSR count). The van der Waals surface area contributed by atoms with Gasteiger partial charge in [-0.3, -0.25) is 4.98 Å². The summed E-state index contributed by atoms with van der Waals surface area (Å²) in [6, 6.07) is 67.2. The first-order valence-electron chi connectivity index (χ1n) is 19.0. The van der Waals surface area contributed by atoms with Gasteiger partial charge in [0.15, 0.2) is 5.82 Å². The van der Waals surface area contributed by atoms with Crippen LogP contribution in [0.2, 0.25) is 0 Å². The Morgan fingerprint density at radius 2 is 0.768 bits per heavy atom. The predicted octanol–water partition coefficient (Wildman–Crippen LogP) is 14.0. The first-order chi connectivity index (χ1) is 27.8. The van der Waals surface area contributed by atoms with Gasteiger partial charge in [0.1, 0.15) is 0 Å². The molecule has 0 N–H and O–H groups in total. The van der Waals surface area contributed by atoms with Crippen molar-refractivity contribution >= 4 is 53.9 Å². The molecule has 56 heavy (non-hydrogen) atoms. The zero-order valence-electron chi connectivity index (χ0n) is 30.4. The second-order valence-corrected chi connectivity index (χ2v) is 14.3. The van der Waals surface area contributed by atoms with Gasteiger partial charge in [0.2, 0.25) is 0 Å². The maximum atomic E-state index is 5.28. The van der Waals surface area contributed by atoms with E-state index >= 15 is 0 Å². The largest absolute Gasteiger partial charge is 0.264 e. The van der Waals surface area contributed by atoms with Crippen LogP contribution in [0.15, 0.2) is 200 Å². The van der Waals surface area contributed by atoms with Crippen molar-refractivity contribution in [3.05, 3.63) is 200 Å². The van der Waals surface area contributed by atoms with E-state index in [0.717, 1.165) is 50.0 Å². The zero-order valence-corrected chi connectivity index (χ0v) is 30.4. The van der Waals surface area contributed by atoms with Gasteiger partial charge in [-0.2, -0.15) is 0 Å². The zero-order chi connectivity index (χ0) is 37.0. The van der Waals surface area contributed by atoms with Crippen LogP contribution in [0, 0.1) is 0 Å². The maximum absolute atomic E-state index is 5.28. The number of nitrogens with zero attached hydrogens (tertiary/aromatic N) is 3. The minimum absolute atomic E-state index is 0.694. The van der Waals surface area contributed by atoms with Crippen LogP contribution >= 0.6 is 0 Å². The number of fused-ring (bicyclic) bond motifs is 9. The summed E-state index contributed by atoms with van der Waals surface area (Å²) in [7, 11) is 0. The lowest BCUT2D eigenvalue weighted by Crippen LogP contribution is -1.97. The van der Waals surface area contributed by atoms with Crippen molar-refractivity contribution in [2.24, 2.45) is 0 Å². The number of hydrogen-bond donors (Lipinski definition) is 0. The van der Waals surface area contributed by atoms with E-state index in [1.165, 1.54) is 54.2 Å². The summed E-state index contributed by atoms with van der Waals surface area (Å²) < 4.78 is 0. The van der Waals surface area contributed by atoms with Crippen LogP contribution in [0.25, 0.3) is 110 Å². The minimum atomic E-state index is 0.694. The molecule has 2 aromatic heterocycles. The molecule has 3 nitrogen and oxygen atoms in total. The quantitative estimate of drug-likeness (QED) is 0.167. The molecular weight excluding hydrogens is 679 g/mol.